The molecule has 0 amide bonds. The van der Waals surface area contributed by atoms with Crippen LogP contribution in [0.15, 0.2) is 34.9 Å². The van der Waals surface area contributed by atoms with E-state index in [1.165, 1.54) is 5.69 Å². The molecule has 2 rings (SSSR count). The van der Waals surface area contributed by atoms with Crippen LogP contribution >= 0.6 is 15.9 Å². The Labute approximate surface area is 110 Å². The number of nitrogens with zero attached hydrogens (tertiary/aromatic N) is 2. The summed E-state index contributed by atoms with van der Waals surface area (Å²) in [4.78, 5) is 4.35. The minimum Gasteiger partial charge on any atom is -0.485 e. The van der Waals surface area contributed by atoms with Crippen molar-refractivity contribution in [3.05, 3.63) is 46.5 Å². The van der Waals surface area contributed by atoms with Gasteiger partial charge in [0, 0.05) is 18.4 Å². The van der Waals surface area contributed by atoms with Crippen LogP contribution in [-0.2, 0) is 13.2 Å². The number of hydrogen-bond acceptors (Lipinski definition) is 2. The third kappa shape index (κ3) is 2.69. The van der Waals surface area contributed by atoms with Gasteiger partial charge in [0.1, 0.15) is 18.2 Å². The maximum atomic E-state index is 5.75. The van der Waals surface area contributed by atoms with Gasteiger partial charge in [0.05, 0.1) is 4.47 Å². The minimum absolute atomic E-state index is 0.490. The number of imidazole rings is 1. The molecular weight excluding hydrogens is 280 g/mol. The number of benzene rings is 1. The Morgan fingerprint density at radius 3 is 2.82 bits per heavy atom. The summed E-state index contributed by atoms with van der Waals surface area (Å²) in [5.74, 6) is 1.80. The van der Waals surface area contributed by atoms with Gasteiger partial charge in [-0.3, -0.25) is 0 Å². The number of rotatable bonds is 4. The largest absolute Gasteiger partial charge is 0.485 e. The second-order valence-corrected chi connectivity index (χ2v) is 4.63. The zero-order chi connectivity index (χ0) is 12.3. The third-order valence-electron chi connectivity index (χ3n) is 2.65. The Balaban J connectivity index is 2.10. The molecule has 0 bridgehead atoms. The summed E-state index contributed by atoms with van der Waals surface area (Å²) in [6, 6.07) is 7.83. The van der Waals surface area contributed by atoms with Crippen molar-refractivity contribution in [3.8, 4) is 5.75 Å². The number of aromatic nitrogens is 2. The maximum absolute atomic E-state index is 5.75. The number of ether oxygens (including phenoxy) is 1. The third-order valence-corrected chi connectivity index (χ3v) is 3.30. The van der Waals surface area contributed by atoms with Crippen LogP contribution in [-0.4, -0.2) is 9.55 Å². The SMILES string of the molecule is CCn1c(C)cnc1COc1ccccc1Br. The molecule has 0 N–H and O–H groups in total. The highest BCUT2D eigenvalue weighted by atomic mass is 79.9. The van der Waals surface area contributed by atoms with Gasteiger partial charge in [0.15, 0.2) is 0 Å². The maximum Gasteiger partial charge on any atom is 0.146 e. The molecule has 4 heteroatoms. The first-order chi connectivity index (χ1) is 8.22. The highest BCUT2D eigenvalue weighted by molar-refractivity contribution is 9.10. The quantitative estimate of drug-likeness (QED) is 0.862. The molecule has 0 radical (unpaired) electrons. The average molecular weight is 295 g/mol. The van der Waals surface area contributed by atoms with Crippen LogP contribution in [0.2, 0.25) is 0 Å². The number of hydrogen-bond donors (Lipinski definition) is 0. The lowest BCUT2D eigenvalue weighted by Crippen LogP contribution is -2.07. The molecule has 1 heterocycles. The standard InChI is InChI=1S/C13H15BrN2O/c1-3-16-10(2)8-15-13(16)9-17-12-7-5-4-6-11(12)14/h4-8H,3,9H2,1-2H3. The lowest BCUT2D eigenvalue weighted by atomic mass is 10.3. The molecule has 0 spiro atoms. The Morgan fingerprint density at radius 1 is 1.35 bits per heavy atom. The normalized spacial score (nSPS) is 10.5. The van der Waals surface area contributed by atoms with Gasteiger partial charge in [-0.15, -0.1) is 0 Å². The van der Waals surface area contributed by atoms with Crippen LogP contribution in [0.4, 0.5) is 0 Å². The van der Waals surface area contributed by atoms with Gasteiger partial charge < -0.3 is 9.30 Å². The molecule has 0 saturated heterocycles. The van der Waals surface area contributed by atoms with Crippen molar-refractivity contribution in [2.45, 2.75) is 27.0 Å². The van der Waals surface area contributed by atoms with E-state index in [0.29, 0.717) is 6.61 Å². The first-order valence-corrected chi connectivity index (χ1v) is 6.40. The van der Waals surface area contributed by atoms with Crippen LogP contribution in [0, 0.1) is 6.92 Å². The molecule has 0 saturated carbocycles. The van der Waals surface area contributed by atoms with Crippen LogP contribution in [0.1, 0.15) is 18.4 Å². The van der Waals surface area contributed by atoms with Gasteiger partial charge in [0.25, 0.3) is 0 Å². The van der Waals surface area contributed by atoms with Gasteiger partial charge in [0.2, 0.25) is 0 Å². The lowest BCUT2D eigenvalue weighted by Gasteiger charge is -2.09. The minimum atomic E-state index is 0.490. The summed E-state index contributed by atoms with van der Waals surface area (Å²) < 4.78 is 8.86. The van der Waals surface area contributed by atoms with E-state index in [0.717, 1.165) is 22.6 Å². The molecule has 0 atom stereocenters. The first kappa shape index (κ1) is 12.2. The second-order valence-electron chi connectivity index (χ2n) is 3.78. The van der Waals surface area contributed by atoms with E-state index in [2.05, 4.69) is 39.3 Å². The van der Waals surface area contributed by atoms with E-state index in [-0.39, 0.29) is 0 Å². The molecule has 17 heavy (non-hydrogen) atoms. The van der Waals surface area contributed by atoms with Gasteiger partial charge in [-0.2, -0.15) is 0 Å². The van der Waals surface area contributed by atoms with E-state index in [9.17, 15) is 0 Å². The van der Waals surface area contributed by atoms with Gasteiger partial charge >= 0.3 is 0 Å². The van der Waals surface area contributed by atoms with E-state index in [1.807, 2.05) is 30.5 Å². The molecule has 0 aliphatic rings. The highest BCUT2D eigenvalue weighted by Crippen LogP contribution is 2.24. The van der Waals surface area contributed by atoms with Crippen LogP contribution in [0.3, 0.4) is 0 Å². The predicted molar refractivity (Wildman–Crippen MR) is 71.1 cm³/mol. The average Bonchev–Trinajstić information content (AvgIpc) is 2.69. The first-order valence-electron chi connectivity index (χ1n) is 5.60. The summed E-state index contributed by atoms with van der Waals surface area (Å²) in [6.07, 6.45) is 1.88. The van der Waals surface area contributed by atoms with Crippen molar-refractivity contribution in [1.29, 1.82) is 0 Å². The van der Waals surface area contributed by atoms with E-state index in [1.54, 1.807) is 0 Å². The Hall–Kier alpha value is -1.29. The molecule has 0 aliphatic heterocycles. The zero-order valence-electron chi connectivity index (χ0n) is 9.98. The molecule has 1 aromatic heterocycles. The molecular formula is C13H15BrN2O. The molecule has 2 aromatic rings. The van der Waals surface area contributed by atoms with Crippen molar-refractivity contribution in [2.24, 2.45) is 0 Å². The summed E-state index contributed by atoms with van der Waals surface area (Å²) in [5.41, 5.74) is 1.17. The van der Waals surface area contributed by atoms with Crippen molar-refractivity contribution in [2.75, 3.05) is 0 Å². The monoisotopic (exact) mass is 294 g/mol. The molecule has 1 aromatic carbocycles. The smallest absolute Gasteiger partial charge is 0.146 e. The molecule has 0 fully saturated rings. The van der Waals surface area contributed by atoms with Crippen molar-refractivity contribution >= 4 is 15.9 Å². The number of halogens is 1. The molecule has 0 aliphatic carbocycles. The summed E-state index contributed by atoms with van der Waals surface area (Å²) in [6.45, 7) is 5.57. The Bertz CT molecular complexity index is 508. The van der Waals surface area contributed by atoms with Crippen LogP contribution in [0.25, 0.3) is 0 Å². The van der Waals surface area contributed by atoms with Gasteiger partial charge in [-0.25, -0.2) is 4.98 Å². The van der Waals surface area contributed by atoms with E-state index in [4.69, 9.17) is 4.74 Å². The van der Waals surface area contributed by atoms with Gasteiger partial charge in [-0.05, 0) is 41.9 Å². The number of aryl methyl sites for hydroxylation is 1. The Morgan fingerprint density at radius 2 is 2.12 bits per heavy atom. The number of para-hydroxylation sites is 1. The topological polar surface area (TPSA) is 27.1 Å². The predicted octanol–water partition coefficient (Wildman–Crippen LogP) is 3.55. The van der Waals surface area contributed by atoms with Crippen molar-refractivity contribution in [1.82, 2.24) is 9.55 Å². The highest BCUT2D eigenvalue weighted by Gasteiger charge is 2.07. The molecule has 0 unspecified atom stereocenters. The second kappa shape index (κ2) is 5.36. The fourth-order valence-electron chi connectivity index (χ4n) is 1.76. The summed E-state index contributed by atoms with van der Waals surface area (Å²) >= 11 is 3.46. The lowest BCUT2D eigenvalue weighted by molar-refractivity contribution is 0.288. The fraction of sp³-hybridized carbons (Fsp3) is 0.308. The van der Waals surface area contributed by atoms with Gasteiger partial charge in [-0.1, -0.05) is 12.1 Å². The molecule has 3 nitrogen and oxygen atoms in total. The van der Waals surface area contributed by atoms with Crippen LogP contribution < -0.4 is 4.74 Å². The summed E-state index contributed by atoms with van der Waals surface area (Å²) in [7, 11) is 0. The van der Waals surface area contributed by atoms with Crippen molar-refractivity contribution in [3.63, 3.8) is 0 Å². The zero-order valence-corrected chi connectivity index (χ0v) is 11.6. The summed E-state index contributed by atoms with van der Waals surface area (Å²) in [5, 5.41) is 0. The Kier molecular flexibility index (Phi) is 3.84. The van der Waals surface area contributed by atoms with E-state index < -0.39 is 0 Å². The fourth-order valence-corrected chi connectivity index (χ4v) is 2.16. The van der Waals surface area contributed by atoms with E-state index >= 15 is 0 Å². The molecule has 90 valence electrons. The van der Waals surface area contributed by atoms with Crippen LogP contribution in [0.5, 0.6) is 5.75 Å². The van der Waals surface area contributed by atoms with Crippen molar-refractivity contribution < 1.29 is 4.74 Å².